The number of hydrogen-bond donors (Lipinski definition) is 2. The average Bonchev–Trinajstić information content (AvgIpc) is 3.08. The van der Waals surface area contributed by atoms with Gasteiger partial charge < -0.3 is 14.8 Å². The molecule has 142 valence electrons. The lowest BCUT2D eigenvalue weighted by molar-refractivity contribution is 0.473. The molecule has 2 N–H and O–H groups in total. The van der Waals surface area contributed by atoms with Crippen molar-refractivity contribution in [1.82, 2.24) is 10.2 Å². The average molecular weight is 436 g/mol. The molecule has 0 amide bonds. The largest absolute Gasteiger partial charge is 0.506 e. The Bertz CT molecular complexity index is 1230. The van der Waals surface area contributed by atoms with Crippen LogP contribution >= 0.6 is 34.7 Å². The summed E-state index contributed by atoms with van der Waals surface area (Å²) < 4.78 is 19.1. The molecule has 2 aromatic carbocycles. The molecule has 2 aromatic heterocycles. The molecule has 0 spiro atoms. The minimum Gasteiger partial charge on any atom is -0.506 e. The third kappa shape index (κ3) is 4.11. The number of rotatable bonds is 5. The Balaban J connectivity index is 1.53. The highest BCUT2D eigenvalue weighted by Gasteiger charge is 2.12. The van der Waals surface area contributed by atoms with Crippen LogP contribution in [0.4, 0.5) is 15.2 Å². The molecule has 0 bridgehead atoms. The zero-order valence-corrected chi connectivity index (χ0v) is 16.4. The second-order valence-corrected chi connectivity index (χ2v) is 8.29. The number of fused-ring (bicyclic) bond motifs is 1. The summed E-state index contributed by atoms with van der Waals surface area (Å²) in [6, 6.07) is 10.3. The van der Waals surface area contributed by atoms with Crippen LogP contribution in [-0.4, -0.2) is 15.3 Å². The fourth-order valence-electron chi connectivity index (χ4n) is 2.50. The number of anilines is 2. The van der Waals surface area contributed by atoms with Crippen LogP contribution in [0.15, 0.2) is 56.0 Å². The molecule has 0 radical (unpaired) electrons. The minimum absolute atomic E-state index is 0.153. The van der Waals surface area contributed by atoms with Crippen molar-refractivity contribution in [1.29, 1.82) is 0 Å². The van der Waals surface area contributed by atoms with Gasteiger partial charge in [0.15, 0.2) is 4.34 Å². The molecule has 4 rings (SSSR count). The second kappa shape index (κ2) is 7.78. The quantitative estimate of drug-likeness (QED) is 0.330. The van der Waals surface area contributed by atoms with Gasteiger partial charge in [0, 0.05) is 29.0 Å². The van der Waals surface area contributed by atoms with E-state index in [2.05, 4.69) is 15.5 Å². The van der Waals surface area contributed by atoms with Crippen molar-refractivity contribution in [3.05, 3.63) is 69.3 Å². The van der Waals surface area contributed by atoms with E-state index < -0.39 is 5.63 Å². The lowest BCUT2D eigenvalue weighted by atomic mass is 10.1. The highest BCUT2D eigenvalue weighted by atomic mass is 35.5. The van der Waals surface area contributed by atoms with E-state index >= 15 is 0 Å². The van der Waals surface area contributed by atoms with Crippen molar-refractivity contribution in [3.8, 4) is 5.75 Å². The topological polar surface area (TPSA) is 88.2 Å². The predicted octanol–water partition coefficient (Wildman–Crippen LogP) is 5.18. The third-order valence-corrected chi connectivity index (χ3v) is 6.05. The molecule has 0 aliphatic rings. The zero-order chi connectivity index (χ0) is 19.7. The first-order valence-corrected chi connectivity index (χ1v) is 10.1. The molecule has 6 nitrogen and oxygen atoms in total. The lowest BCUT2D eigenvalue weighted by Gasteiger charge is -2.05. The van der Waals surface area contributed by atoms with Crippen LogP contribution in [0, 0.1) is 5.82 Å². The maximum atomic E-state index is 13.3. The fourth-order valence-corrected chi connectivity index (χ4v) is 4.43. The van der Waals surface area contributed by atoms with Gasteiger partial charge >= 0.3 is 5.63 Å². The van der Waals surface area contributed by atoms with E-state index in [4.69, 9.17) is 16.0 Å². The highest BCUT2D eigenvalue weighted by molar-refractivity contribution is 8.00. The molecule has 0 fully saturated rings. The summed E-state index contributed by atoms with van der Waals surface area (Å²) >= 11 is 8.67. The molecule has 0 atom stereocenters. The van der Waals surface area contributed by atoms with Crippen LogP contribution in [0.5, 0.6) is 5.75 Å². The molecule has 0 aliphatic heterocycles. The number of thioether (sulfide) groups is 1. The van der Waals surface area contributed by atoms with E-state index in [1.165, 1.54) is 47.4 Å². The summed E-state index contributed by atoms with van der Waals surface area (Å²) in [5, 5.41) is 22.2. The molecule has 28 heavy (non-hydrogen) atoms. The van der Waals surface area contributed by atoms with Crippen molar-refractivity contribution >= 4 is 56.5 Å². The van der Waals surface area contributed by atoms with E-state index in [1.807, 2.05) is 0 Å². The summed E-state index contributed by atoms with van der Waals surface area (Å²) in [6.07, 6.45) is 0. The van der Waals surface area contributed by atoms with Gasteiger partial charge in [0.2, 0.25) is 5.13 Å². The van der Waals surface area contributed by atoms with Crippen LogP contribution in [0.1, 0.15) is 5.56 Å². The number of hydrogen-bond acceptors (Lipinski definition) is 8. The first kappa shape index (κ1) is 18.7. The molecule has 0 saturated carbocycles. The molecular weight excluding hydrogens is 425 g/mol. The SMILES string of the molecule is O=c1cc(CSc2nnc(Nc3cccc(F)c3)s2)c2cc(Cl)c(O)cc2o1. The van der Waals surface area contributed by atoms with Gasteiger partial charge in [0.25, 0.3) is 0 Å². The van der Waals surface area contributed by atoms with Crippen molar-refractivity contribution in [2.75, 3.05) is 5.32 Å². The number of aromatic nitrogens is 2. The van der Waals surface area contributed by atoms with Crippen molar-refractivity contribution < 1.29 is 13.9 Å². The Morgan fingerprint density at radius 2 is 2.11 bits per heavy atom. The van der Waals surface area contributed by atoms with Gasteiger partial charge in [0.05, 0.1) is 5.02 Å². The number of phenols is 1. The van der Waals surface area contributed by atoms with Crippen molar-refractivity contribution in [2.24, 2.45) is 0 Å². The maximum Gasteiger partial charge on any atom is 0.336 e. The molecule has 0 saturated heterocycles. The van der Waals surface area contributed by atoms with E-state index in [1.54, 1.807) is 18.2 Å². The third-order valence-electron chi connectivity index (χ3n) is 3.73. The summed E-state index contributed by atoms with van der Waals surface area (Å²) in [4.78, 5) is 11.8. The Kier molecular flexibility index (Phi) is 5.21. The van der Waals surface area contributed by atoms with Crippen LogP contribution < -0.4 is 10.9 Å². The predicted molar refractivity (Wildman–Crippen MR) is 108 cm³/mol. The monoisotopic (exact) mass is 435 g/mol. The summed E-state index contributed by atoms with van der Waals surface area (Å²) in [5.74, 6) is -0.0689. The van der Waals surface area contributed by atoms with Crippen LogP contribution in [0.2, 0.25) is 5.02 Å². The van der Waals surface area contributed by atoms with E-state index in [9.17, 15) is 14.3 Å². The zero-order valence-electron chi connectivity index (χ0n) is 14.0. The first-order valence-electron chi connectivity index (χ1n) is 7.92. The Labute approximate surface area is 171 Å². The Morgan fingerprint density at radius 1 is 1.25 bits per heavy atom. The molecule has 10 heteroatoms. The number of nitrogens with zero attached hydrogens (tertiary/aromatic N) is 2. The van der Waals surface area contributed by atoms with Gasteiger partial charge in [-0.2, -0.15) is 0 Å². The number of nitrogens with one attached hydrogen (secondary N) is 1. The number of benzene rings is 2. The summed E-state index contributed by atoms with van der Waals surface area (Å²) in [5.41, 5.74) is 1.02. The molecule has 0 unspecified atom stereocenters. The van der Waals surface area contributed by atoms with Gasteiger partial charge in [-0.15, -0.1) is 10.2 Å². The second-order valence-electron chi connectivity index (χ2n) is 5.69. The van der Waals surface area contributed by atoms with Crippen LogP contribution in [0.3, 0.4) is 0 Å². The van der Waals surface area contributed by atoms with E-state index in [0.717, 1.165) is 0 Å². The first-order chi connectivity index (χ1) is 13.5. The lowest BCUT2D eigenvalue weighted by Crippen LogP contribution is -1.99. The number of halogens is 2. The van der Waals surface area contributed by atoms with Crippen LogP contribution in [0.25, 0.3) is 11.0 Å². The van der Waals surface area contributed by atoms with Crippen molar-refractivity contribution in [2.45, 2.75) is 10.1 Å². The van der Waals surface area contributed by atoms with E-state index in [-0.39, 0.29) is 22.2 Å². The summed E-state index contributed by atoms with van der Waals surface area (Å²) in [7, 11) is 0. The van der Waals surface area contributed by atoms with E-state index in [0.29, 0.717) is 31.9 Å². The van der Waals surface area contributed by atoms with Gasteiger partial charge in [-0.1, -0.05) is 40.8 Å². The Hall–Kier alpha value is -2.62. The highest BCUT2D eigenvalue weighted by Crippen LogP contribution is 2.34. The number of phenolic OH excluding ortho intramolecular Hbond substituents is 1. The van der Waals surface area contributed by atoms with Crippen LogP contribution in [-0.2, 0) is 5.75 Å². The molecule has 4 aromatic rings. The summed E-state index contributed by atoms with van der Waals surface area (Å²) in [6.45, 7) is 0. The van der Waals surface area contributed by atoms with Gasteiger partial charge in [-0.05, 0) is 29.8 Å². The molecular formula is C18H11ClFN3O3S2. The number of aromatic hydroxyl groups is 1. The van der Waals surface area contributed by atoms with Gasteiger partial charge in [-0.3, -0.25) is 0 Å². The Morgan fingerprint density at radius 3 is 2.93 bits per heavy atom. The normalized spacial score (nSPS) is 11.1. The van der Waals surface area contributed by atoms with Crippen molar-refractivity contribution in [3.63, 3.8) is 0 Å². The maximum absolute atomic E-state index is 13.3. The molecule has 2 heterocycles. The molecule has 0 aliphatic carbocycles. The fraction of sp³-hybridized carbons (Fsp3) is 0.0556. The van der Waals surface area contributed by atoms with Gasteiger partial charge in [-0.25, -0.2) is 9.18 Å². The smallest absolute Gasteiger partial charge is 0.336 e. The standard InChI is InChI=1S/C18H11ClFN3O3S2/c19-13-6-12-9(4-16(25)26-15(12)7-14(13)24)8-27-18-23-22-17(28-18)21-11-3-1-2-10(20)5-11/h1-7,24H,8H2,(H,21,22). The minimum atomic E-state index is -0.518. The van der Waals surface area contributed by atoms with Gasteiger partial charge in [0.1, 0.15) is 17.1 Å².